The maximum Gasteiger partial charge on any atom is 0.349 e. The Morgan fingerprint density at radius 2 is 1.71 bits per heavy atom. The van der Waals surface area contributed by atoms with Crippen molar-refractivity contribution in [1.29, 1.82) is 0 Å². The van der Waals surface area contributed by atoms with E-state index in [0.29, 0.717) is 5.56 Å². The predicted molar refractivity (Wildman–Crippen MR) is 78.3 cm³/mol. The number of methoxy groups -OCH3 is 1. The molecule has 0 aliphatic rings. The van der Waals surface area contributed by atoms with E-state index in [-0.39, 0.29) is 5.91 Å². The molecule has 6 nitrogen and oxygen atoms in total. The molecule has 0 unspecified atom stereocenters. The van der Waals surface area contributed by atoms with Crippen LogP contribution in [0.2, 0.25) is 0 Å². The summed E-state index contributed by atoms with van der Waals surface area (Å²) in [6.07, 6.45) is -1.25. The van der Waals surface area contributed by atoms with Gasteiger partial charge in [-0.1, -0.05) is 28.1 Å². The molecule has 0 fully saturated rings. The van der Waals surface area contributed by atoms with Crippen LogP contribution < -0.4 is 5.32 Å². The monoisotopic (exact) mass is 357 g/mol. The van der Waals surface area contributed by atoms with Crippen LogP contribution in [0, 0.1) is 0 Å². The molecule has 1 rings (SSSR count). The van der Waals surface area contributed by atoms with Gasteiger partial charge in [0.05, 0.1) is 7.11 Å². The van der Waals surface area contributed by atoms with Crippen LogP contribution in [0.4, 0.5) is 0 Å². The molecule has 0 aliphatic heterocycles. The van der Waals surface area contributed by atoms with Gasteiger partial charge in [-0.3, -0.25) is 9.59 Å². The van der Waals surface area contributed by atoms with Crippen molar-refractivity contribution in [2.45, 2.75) is 26.0 Å². The van der Waals surface area contributed by atoms with E-state index in [1.54, 1.807) is 24.3 Å². The third-order valence-corrected chi connectivity index (χ3v) is 3.15. The van der Waals surface area contributed by atoms with Crippen molar-refractivity contribution in [3.63, 3.8) is 0 Å². The predicted octanol–water partition coefficient (Wildman–Crippen LogP) is 1.73. The van der Waals surface area contributed by atoms with Gasteiger partial charge in [-0.25, -0.2) is 4.79 Å². The average Bonchev–Trinajstić information content (AvgIpc) is 2.42. The van der Waals surface area contributed by atoms with Crippen molar-refractivity contribution >= 4 is 33.8 Å². The van der Waals surface area contributed by atoms with Crippen LogP contribution in [-0.4, -0.2) is 31.1 Å². The van der Waals surface area contributed by atoms with Gasteiger partial charge in [0.1, 0.15) is 6.04 Å². The van der Waals surface area contributed by atoms with Gasteiger partial charge >= 0.3 is 11.9 Å². The lowest BCUT2D eigenvalue weighted by atomic mass is 10.0. The first kappa shape index (κ1) is 17.2. The van der Waals surface area contributed by atoms with Gasteiger partial charge in [0.25, 0.3) is 0 Å². The van der Waals surface area contributed by atoms with Crippen LogP contribution >= 0.6 is 15.9 Å². The second kappa shape index (κ2) is 7.78. The number of hydrogen-bond donors (Lipinski definition) is 1. The Bertz CT molecular complexity index is 529. The lowest BCUT2D eigenvalue weighted by Crippen LogP contribution is -2.42. The Labute approximate surface area is 130 Å². The van der Waals surface area contributed by atoms with E-state index in [2.05, 4.69) is 26.0 Å². The van der Waals surface area contributed by atoms with Crippen LogP contribution in [0.15, 0.2) is 28.7 Å². The number of nitrogens with one attached hydrogen (secondary N) is 1. The fourth-order valence-corrected chi connectivity index (χ4v) is 2.03. The smallest absolute Gasteiger partial charge is 0.349 e. The van der Waals surface area contributed by atoms with E-state index in [0.717, 1.165) is 4.47 Å². The highest BCUT2D eigenvalue weighted by atomic mass is 79.9. The molecule has 1 N–H and O–H groups in total. The van der Waals surface area contributed by atoms with E-state index >= 15 is 0 Å². The quantitative estimate of drug-likeness (QED) is 0.811. The van der Waals surface area contributed by atoms with Gasteiger partial charge < -0.3 is 14.8 Å². The topological polar surface area (TPSA) is 81.7 Å². The zero-order valence-electron chi connectivity index (χ0n) is 11.9. The van der Waals surface area contributed by atoms with E-state index in [1.165, 1.54) is 21.0 Å². The highest BCUT2D eigenvalue weighted by Crippen LogP contribution is 2.23. The molecule has 0 heterocycles. The molecule has 2 atom stereocenters. The Balaban J connectivity index is 3.18. The van der Waals surface area contributed by atoms with E-state index in [1.807, 2.05) is 0 Å². The summed E-state index contributed by atoms with van der Waals surface area (Å²) in [5.74, 6) is -1.74. The molecule has 1 aromatic rings. The average molecular weight is 358 g/mol. The van der Waals surface area contributed by atoms with Gasteiger partial charge in [0.15, 0.2) is 0 Å². The van der Waals surface area contributed by atoms with Crippen molar-refractivity contribution in [2.75, 3.05) is 7.11 Å². The number of hydrogen-bond acceptors (Lipinski definition) is 5. The number of ether oxygens (including phenoxy) is 2. The fourth-order valence-electron chi connectivity index (χ4n) is 1.77. The summed E-state index contributed by atoms with van der Waals surface area (Å²) in [4.78, 5) is 34.4. The minimum atomic E-state index is -1.25. The first-order valence-corrected chi connectivity index (χ1v) is 6.92. The van der Waals surface area contributed by atoms with Crippen LogP contribution in [0.25, 0.3) is 0 Å². The Morgan fingerprint density at radius 1 is 1.14 bits per heavy atom. The zero-order chi connectivity index (χ0) is 16.0. The number of carbonyl (C=O) groups is 3. The van der Waals surface area contributed by atoms with Crippen molar-refractivity contribution in [3.8, 4) is 0 Å². The number of halogens is 1. The zero-order valence-corrected chi connectivity index (χ0v) is 13.5. The standard InChI is InChI=1S/C14H16BrNO5/c1-8(17)16-12(10-4-6-11(15)7-5-10)13(14(19)20-3)21-9(2)18/h4-7,12-13H,1-3H3,(H,16,17)/t12-,13+/m0/s1. The lowest BCUT2D eigenvalue weighted by Gasteiger charge is -2.25. The summed E-state index contributed by atoms with van der Waals surface area (Å²) in [6, 6.07) is 6.11. The van der Waals surface area contributed by atoms with Gasteiger partial charge in [-0.15, -0.1) is 0 Å². The Kier molecular flexibility index (Phi) is 6.36. The molecule has 0 spiro atoms. The third kappa shape index (κ3) is 5.18. The molecule has 0 radical (unpaired) electrons. The number of amides is 1. The summed E-state index contributed by atoms with van der Waals surface area (Å²) in [5, 5.41) is 2.60. The summed E-state index contributed by atoms with van der Waals surface area (Å²) >= 11 is 3.30. The van der Waals surface area contributed by atoms with Crippen molar-refractivity contribution in [2.24, 2.45) is 0 Å². The maximum atomic E-state index is 11.9. The fraction of sp³-hybridized carbons (Fsp3) is 0.357. The molecular weight excluding hydrogens is 342 g/mol. The van der Waals surface area contributed by atoms with Gasteiger partial charge in [-0.2, -0.15) is 0 Å². The molecule has 114 valence electrons. The number of benzene rings is 1. The SMILES string of the molecule is COC(=O)[C@H](OC(C)=O)[C@@H](NC(C)=O)c1ccc(Br)cc1. The molecular formula is C14H16BrNO5. The summed E-state index contributed by atoms with van der Waals surface area (Å²) in [5.41, 5.74) is 0.616. The number of rotatable bonds is 5. The minimum absolute atomic E-state index is 0.357. The third-order valence-electron chi connectivity index (χ3n) is 2.62. The van der Waals surface area contributed by atoms with Crippen molar-refractivity contribution in [1.82, 2.24) is 5.32 Å². The lowest BCUT2D eigenvalue weighted by molar-refractivity contribution is -0.167. The highest BCUT2D eigenvalue weighted by Gasteiger charge is 2.34. The number of esters is 2. The largest absolute Gasteiger partial charge is 0.466 e. The maximum absolute atomic E-state index is 11.9. The molecule has 1 amide bonds. The first-order chi connectivity index (χ1) is 9.85. The van der Waals surface area contributed by atoms with Crippen molar-refractivity contribution < 1.29 is 23.9 Å². The summed E-state index contributed by atoms with van der Waals surface area (Å²) in [7, 11) is 1.19. The molecule has 0 aliphatic carbocycles. The summed E-state index contributed by atoms with van der Waals surface area (Å²) in [6.45, 7) is 2.50. The number of carbonyl (C=O) groups excluding carboxylic acids is 3. The molecule has 0 saturated carbocycles. The van der Waals surface area contributed by atoms with Crippen LogP contribution in [0.5, 0.6) is 0 Å². The minimum Gasteiger partial charge on any atom is -0.466 e. The van der Waals surface area contributed by atoms with E-state index < -0.39 is 24.1 Å². The summed E-state index contributed by atoms with van der Waals surface area (Å²) < 4.78 is 10.5. The first-order valence-electron chi connectivity index (χ1n) is 6.12. The van der Waals surface area contributed by atoms with Crippen LogP contribution in [-0.2, 0) is 23.9 Å². The van der Waals surface area contributed by atoms with E-state index in [9.17, 15) is 14.4 Å². The molecule has 7 heteroatoms. The highest BCUT2D eigenvalue weighted by molar-refractivity contribution is 9.10. The molecule has 0 saturated heterocycles. The second-order valence-corrected chi connectivity index (χ2v) is 5.20. The molecule has 0 aromatic heterocycles. The van der Waals surface area contributed by atoms with Crippen molar-refractivity contribution in [3.05, 3.63) is 34.3 Å². The Morgan fingerprint density at radius 3 is 2.14 bits per heavy atom. The Hall–Kier alpha value is -1.89. The van der Waals surface area contributed by atoms with Crippen LogP contribution in [0.3, 0.4) is 0 Å². The van der Waals surface area contributed by atoms with Gasteiger partial charge in [-0.05, 0) is 17.7 Å². The normalized spacial score (nSPS) is 13.0. The van der Waals surface area contributed by atoms with Crippen LogP contribution in [0.1, 0.15) is 25.5 Å². The van der Waals surface area contributed by atoms with Gasteiger partial charge in [0, 0.05) is 18.3 Å². The van der Waals surface area contributed by atoms with E-state index in [4.69, 9.17) is 4.74 Å². The molecule has 0 bridgehead atoms. The molecule has 1 aromatic carbocycles. The molecule has 21 heavy (non-hydrogen) atoms. The second-order valence-electron chi connectivity index (χ2n) is 4.28. The van der Waals surface area contributed by atoms with Gasteiger partial charge in [0.2, 0.25) is 12.0 Å².